The normalized spacial score (nSPS) is 17.0. The van der Waals surface area contributed by atoms with Crippen LogP contribution in [0.4, 0.5) is 5.69 Å². The molecule has 0 aromatic heterocycles. The van der Waals surface area contributed by atoms with E-state index in [0.717, 1.165) is 0 Å². The number of ether oxygens (including phenoxy) is 1. The average molecular weight is 297 g/mol. The van der Waals surface area contributed by atoms with Crippen molar-refractivity contribution in [3.05, 3.63) is 65.7 Å². The molecule has 22 heavy (non-hydrogen) atoms. The van der Waals surface area contributed by atoms with Crippen LogP contribution in [-0.4, -0.2) is 19.0 Å². The Labute approximate surface area is 128 Å². The van der Waals surface area contributed by atoms with Gasteiger partial charge in [0.2, 0.25) is 0 Å². The molecular weight excluding hydrogens is 282 g/mol. The van der Waals surface area contributed by atoms with Gasteiger partial charge in [-0.1, -0.05) is 36.4 Å². The van der Waals surface area contributed by atoms with Crippen LogP contribution in [0.15, 0.2) is 54.6 Å². The first-order chi connectivity index (χ1) is 10.7. The lowest BCUT2D eigenvalue weighted by atomic mass is 9.98. The number of hydrogen-bond acceptors (Lipinski definition) is 4. The minimum absolute atomic E-state index is 0.0458. The van der Waals surface area contributed by atoms with E-state index in [1.54, 1.807) is 30.3 Å². The van der Waals surface area contributed by atoms with Crippen LogP contribution in [0, 0.1) is 0 Å². The fraction of sp³-hybridized carbons (Fsp3) is 0.176. The van der Waals surface area contributed by atoms with Crippen LogP contribution in [0.3, 0.4) is 0 Å². The van der Waals surface area contributed by atoms with Gasteiger partial charge in [-0.2, -0.15) is 5.06 Å². The molecule has 0 spiro atoms. The van der Waals surface area contributed by atoms with E-state index >= 15 is 0 Å². The molecule has 1 heterocycles. The molecule has 0 saturated carbocycles. The standard InChI is InChI=1S/C17H15NO4/c1-21-16(19)11-15-13-9-5-6-10-14(13)17(20)18(22-15)12-7-3-2-4-8-12/h2-10,15H,11H2,1H3. The monoisotopic (exact) mass is 297 g/mol. The van der Waals surface area contributed by atoms with Crippen LogP contribution in [0.2, 0.25) is 0 Å². The highest BCUT2D eigenvalue weighted by atomic mass is 16.7. The van der Waals surface area contributed by atoms with Crippen molar-refractivity contribution in [3.8, 4) is 0 Å². The molecule has 0 aliphatic carbocycles. The molecule has 0 saturated heterocycles. The van der Waals surface area contributed by atoms with Gasteiger partial charge in [-0.3, -0.25) is 14.4 Å². The number of fused-ring (bicyclic) bond motifs is 1. The number of para-hydroxylation sites is 1. The molecule has 0 fully saturated rings. The molecule has 2 aromatic carbocycles. The van der Waals surface area contributed by atoms with Crippen molar-refractivity contribution in [2.45, 2.75) is 12.5 Å². The zero-order chi connectivity index (χ0) is 15.5. The van der Waals surface area contributed by atoms with E-state index in [1.807, 2.05) is 24.3 Å². The van der Waals surface area contributed by atoms with Crippen molar-refractivity contribution in [2.24, 2.45) is 0 Å². The predicted molar refractivity (Wildman–Crippen MR) is 80.2 cm³/mol. The molecular formula is C17H15NO4. The molecule has 112 valence electrons. The number of anilines is 1. The van der Waals surface area contributed by atoms with E-state index in [2.05, 4.69) is 0 Å². The number of methoxy groups -OCH3 is 1. The number of carbonyl (C=O) groups is 2. The minimum atomic E-state index is -0.554. The number of amides is 1. The first-order valence-corrected chi connectivity index (χ1v) is 6.92. The van der Waals surface area contributed by atoms with Crippen LogP contribution < -0.4 is 5.06 Å². The van der Waals surface area contributed by atoms with Crippen LogP contribution in [0.25, 0.3) is 0 Å². The van der Waals surface area contributed by atoms with Gasteiger partial charge in [0.25, 0.3) is 5.91 Å². The van der Waals surface area contributed by atoms with E-state index in [4.69, 9.17) is 9.57 Å². The molecule has 1 amide bonds. The molecule has 0 N–H and O–H groups in total. The Morgan fingerprint density at radius 3 is 2.55 bits per heavy atom. The lowest BCUT2D eigenvalue weighted by Crippen LogP contribution is -2.38. The average Bonchev–Trinajstić information content (AvgIpc) is 2.58. The van der Waals surface area contributed by atoms with Crippen molar-refractivity contribution in [1.82, 2.24) is 0 Å². The van der Waals surface area contributed by atoms with Gasteiger partial charge in [0.15, 0.2) is 0 Å². The summed E-state index contributed by atoms with van der Waals surface area (Å²) in [7, 11) is 1.33. The van der Waals surface area contributed by atoms with Crippen molar-refractivity contribution in [3.63, 3.8) is 0 Å². The van der Waals surface area contributed by atoms with Crippen molar-refractivity contribution in [1.29, 1.82) is 0 Å². The van der Waals surface area contributed by atoms with Gasteiger partial charge in [-0.05, 0) is 23.8 Å². The second-order valence-corrected chi connectivity index (χ2v) is 4.90. The number of carbonyl (C=O) groups excluding carboxylic acids is 2. The van der Waals surface area contributed by atoms with E-state index in [0.29, 0.717) is 16.8 Å². The Balaban J connectivity index is 2.00. The molecule has 5 heteroatoms. The van der Waals surface area contributed by atoms with E-state index in [-0.39, 0.29) is 18.3 Å². The van der Waals surface area contributed by atoms with Gasteiger partial charge in [0.05, 0.1) is 19.2 Å². The quantitative estimate of drug-likeness (QED) is 0.817. The molecule has 1 unspecified atom stereocenters. The SMILES string of the molecule is COC(=O)CC1ON(c2ccccc2)C(=O)c2ccccc21. The van der Waals surface area contributed by atoms with Gasteiger partial charge >= 0.3 is 5.97 Å². The Morgan fingerprint density at radius 2 is 1.82 bits per heavy atom. The lowest BCUT2D eigenvalue weighted by molar-refractivity contribution is -0.144. The molecule has 0 radical (unpaired) electrons. The number of hydroxylamine groups is 1. The van der Waals surface area contributed by atoms with Gasteiger partial charge in [0, 0.05) is 5.56 Å². The van der Waals surface area contributed by atoms with Crippen molar-refractivity contribution < 1.29 is 19.2 Å². The second kappa shape index (κ2) is 5.99. The fourth-order valence-electron chi connectivity index (χ4n) is 2.44. The molecule has 3 rings (SSSR count). The van der Waals surface area contributed by atoms with Gasteiger partial charge < -0.3 is 4.74 Å². The lowest BCUT2D eigenvalue weighted by Gasteiger charge is -2.33. The minimum Gasteiger partial charge on any atom is -0.469 e. The summed E-state index contributed by atoms with van der Waals surface area (Å²) in [4.78, 5) is 30.0. The first-order valence-electron chi connectivity index (χ1n) is 6.92. The Morgan fingerprint density at radius 1 is 1.14 bits per heavy atom. The van der Waals surface area contributed by atoms with Crippen LogP contribution in [0.1, 0.15) is 28.4 Å². The Bertz CT molecular complexity index is 699. The van der Waals surface area contributed by atoms with E-state index < -0.39 is 6.10 Å². The molecule has 2 aromatic rings. The summed E-state index contributed by atoms with van der Waals surface area (Å²) in [6, 6.07) is 16.2. The number of nitrogens with zero attached hydrogens (tertiary/aromatic N) is 1. The molecule has 1 atom stereocenters. The smallest absolute Gasteiger partial charge is 0.308 e. The molecule has 5 nitrogen and oxygen atoms in total. The summed E-state index contributed by atoms with van der Waals surface area (Å²) >= 11 is 0. The van der Waals surface area contributed by atoms with Gasteiger partial charge in [-0.25, -0.2) is 0 Å². The number of esters is 1. The third-order valence-electron chi connectivity index (χ3n) is 3.53. The second-order valence-electron chi connectivity index (χ2n) is 4.90. The van der Waals surface area contributed by atoms with Gasteiger partial charge in [-0.15, -0.1) is 0 Å². The van der Waals surface area contributed by atoms with E-state index in [9.17, 15) is 9.59 Å². The zero-order valence-corrected chi connectivity index (χ0v) is 12.1. The summed E-state index contributed by atoms with van der Waals surface area (Å²) in [5.41, 5.74) is 1.86. The van der Waals surface area contributed by atoms with Crippen LogP contribution in [-0.2, 0) is 14.4 Å². The summed E-state index contributed by atoms with van der Waals surface area (Å²) in [6.45, 7) is 0. The molecule has 1 aliphatic rings. The fourth-order valence-corrected chi connectivity index (χ4v) is 2.44. The number of rotatable bonds is 3. The van der Waals surface area contributed by atoms with E-state index in [1.165, 1.54) is 12.2 Å². The summed E-state index contributed by atoms with van der Waals surface area (Å²) < 4.78 is 4.71. The zero-order valence-electron chi connectivity index (χ0n) is 12.1. The Hall–Kier alpha value is -2.66. The predicted octanol–water partition coefficient (Wildman–Crippen LogP) is 2.88. The molecule has 0 bridgehead atoms. The largest absolute Gasteiger partial charge is 0.469 e. The van der Waals surface area contributed by atoms with Crippen LogP contribution >= 0.6 is 0 Å². The number of hydrogen-bond donors (Lipinski definition) is 0. The topological polar surface area (TPSA) is 55.8 Å². The summed E-state index contributed by atoms with van der Waals surface area (Å²) in [6.07, 6.45) is -0.508. The van der Waals surface area contributed by atoms with Crippen molar-refractivity contribution in [2.75, 3.05) is 12.2 Å². The van der Waals surface area contributed by atoms with Gasteiger partial charge in [0.1, 0.15) is 6.10 Å². The van der Waals surface area contributed by atoms with Crippen molar-refractivity contribution >= 4 is 17.6 Å². The summed E-state index contributed by atoms with van der Waals surface area (Å²) in [5.74, 6) is -0.634. The third kappa shape index (κ3) is 2.58. The maximum absolute atomic E-state index is 12.6. The first kappa shape index (κ1) is 14.3. The summed E-state index contributed by atoms with van der Waals surface area (Å²) in [5, 5.41) is 1.23. The molecule has 1 aliphatic heterocycles. The Kier molecular flexibility index (Phi) is 3.89. The highest BCUT2D eigenvalue weighted by Crippen LogP contribution is 2.34. The highest BCUT2D eigenvalue weighted by Gasteiger charge is 2.34. The maximum Gasteiger partial charge on any atom is 0.308 e. The van der Waals surface area contributed by atoms with Crippen LogP contribution in [0.5, 0.6) is 0 Å². The third-order valence-corrected chi connectivity index (χ3v) is 3.53. The number of benzene rings is 2. The highest BCUT2D eigenvalue weighted by molar-refractivity contribution is 6.06. The maximum atomic E-state index is 12.6.